The molecule has 5 nitrogen and oxygen atoms in total. The van der Waals surface area contributed by atoms with E-state index in [1.807, 2.05) is 0 Å². The van der Waals surface area contributed by atoms with Gasteiger partial charge in [-0.3, -0.25) is 0 Å². The summed E-state index contributed by atoms with van der Waals surface area (Å²) in [7, 11) is 0. The molecule has 0 radical (unpaired) electrons. The topological polar surface area (TPSA) is 61.8 Å². The number of rotatable bonds is 8. The molecule has 0 aromatic heterocycles. The van der Waals surface area contributed by atoms with E-state index in [4.69, 9.17) is 4.74 Å². The Labute approximate surface area is 100 Å². The van der Waals surface area contributed by atoms with Crippen LogP contribution in [0.3, 0.4) is 0 Å². The maximum atomic E-state index is 10.9. The van der Waals surface area contributed by atoms with Crippen molar-refractivity contribution in [3.05, 3.63) is 37.1 Å². The first kappa shape index (κ1) is 15.0. The molecule has 17 heavy (non-hydrogen) atoms. The minimum absolute atomic E-state index is 0.0944. The molecule has 0 spiro atoms. The molecule has 0 heterocycles. The summed E-state index contributed by atoms with van der Waals surface area (Å²) in [5.74, 6) is -0.690. The van der Waals surface area contributed by atoms with Crippen molar-refractivity contribution in [1.29, 1.82) is 0 Å². The van der Waals surface area contributed by atoms with Gasteiger partial charge in [0.1, 0.15) is 19.0 Å². The Morgan fingerprint density at radius 2 is 1.71 bits per heavy atom. The van der Waals surface area contributed by atoms with Gasteiger partial charge >= 0.3 is 11.9 Å². The standard InChI is InChI=1S/C12H16O5/c1-4-11(13)17-9-8-16-10(3)6-7-12(14)15-5-2/h4,6-7H,1,3,5,8-9H2,2H3/b7-6-. The highest BCUT2D eigenvalue weighted by Gasteiger charge is 1.97. The van der Waals surface area contributed by atoms with E-state index in [0.717, 1.165) is 6.08 Å². The van der Waals surface area contributed by atoms with Crippen LogP contribution in [0.25, 0.3) is 0 Å². The third-order valence-corrected chi connectivity index (χ3v) is 1.47. The summed E-state index contributed by atoms with van der Waals surface area (Å²) in [4.78, 5) is 21.6. The smallest absolute Gasteiger partial charge is 0.330 e. The number of ether oxygens (including phenoxy) is 3. The Kier molecular flexibility index (Phi) is 8.10. The van der Waals surface area contributed by atoms with Gasteiger partial charge in [0.05, 0.1) is 6.61 Å². The maximum absolute atomic E-state index is 10.9. The minimum atomic E-state index is -0.513. The van der Waals surface area contributed by atoms with Gasteiger partial charge in [-0.1, -0.05) is 13.2 Å². The van der Waals surface area contributed by atoms with Gasteiger partial charge in [0.25, 0.3) is 0 Å². The third kappa shape index (κ3) is 8.92. The molecular weight excluding hydrogens is 224 g/mol. The molecule has 0 aromatic rings. The second kappa shape index (κ2) is 9.21. The number of hydrogen-bond donors (Lipinski definition) is 0. The van der Waals surface area contributed by atoms with E-state index < -0.39 is 11.9 Å². The quantitative estimate of drug-likeness (QED) is 0.211. The van der Waals surface area contributed by atoms with E-state index in [2.05, 4.69) is 22.6 Å². The monoisotopic (exact) mass is 240 g/mol. The summed E-state index contributed by atoms with van der Waals surface area (Å²) >= 11 is 0. The Morgan fingerprint density at radius 3 is 2.29 bits per heavy atom. The lowest BCUT2D eigenvalue weighted by atomic mass is 10.4. The van der Waals surface area contributed by atoms with Gasteiger partial charge in [0.15, 0.2) is 0 Å². The van der Waals surface area contributed by atoms with Crippen molar-refractivity contribution in [2.75, 3.05) is 19.8 Å². The zero-order valence-electron chi connectivity index (χ0n) is 9.81. The van der Waals surface area contributed by atoms with Crippen LogP contribution < -0.4 is 0 Å². The number of hydrogen-bond acceptors (Lipinski definition) is 5. The largest absolute Gasteiger partial charge is 0.491 e. The Balaban J connectivity index is 3.69. The van der Waals surface area contributed by atoms with Gasteiger partial charge in [-0.15, -0.1) is 0 Å². The van der Waals surface area contributed by atoms with Crippen LogP contribution in [0.1, 0.15) is 6.92 Å². The fourth-order valence-corrected chi connectivity index (χ4v) is 0.773. The molecule has 0 aromatic carbocycles. The van der Waals surface area contributed by atoms with Crippen molar-refractivity contribution in [3.8, 4) is 0 Å². The second-order valence-electron chi connectivity index (χ2n) is 2.77. The minimum Gasteiger partial charge on any atom is -0.491 e. The summed E-state index contributed by atoms with van der Waals surface area (Å²) in [6, 6.07) is 0. The van der Waals surface area contributed by atoms with Crippen LogP contribution in [-0.2, 0) is 23.8 Å². The molecule has 0 N–H and O–H groups in total. The van der Waals surface area contributed by atoms with E-state index in [-0.39, 0.29) is 19.0 Å². The molecule has 0 unspecified atom stereocenters. The van der Waals surface area contributed by atoms with E-state index in [1.54, 1.807) is 6.92 Å². The molecule has 0 fully saturated rings. The predicted octanol–water partition coefficient (Wildman–Crippen LogP) is 1.37. The molecule has 0 aliphatic carbocycles. The van der Waals surface area contributed by atoms with Gasteiger partial charge in [0.2, 0.25) is 0 Å². The summed E-state index contributed by atoms with van der Waals surface area (Å²) in [5.41, 5.74) is 0. The molecular formula is C12H16O5. The molecule has 0 aliphatic heterocycles. The van der Waals surface area contributed by atoms with E-state index in [1.165, 1.54) is 12.2 Å². The zero-order chi connectivity index (χ0) is 13.1. The first-order chi connectivity index (χ1) is 8.10. The Morgan fingerprint density at radius 1 is 1.06 bits per heavy atom. The van der Waals surface area contributed by atoms with Gasteiger partial charge in [-0.05, 0) is 13.0 Å². The van der Waals surface area contributed by atoms with Crippen LogP contribution in [0, 0.1) is 0 Å². The van der Waals surface area contributed by atoms with Gasteiger partial charge in [-0.25, -0.2) is 9.59 Å². The molecule has 0 rings (SSSR count). The average molecular weight is 240 g/mol. The van der Waals surface area contributed by atoms with Crippen molar-refractivity contribution in [2.24, 2.45) is 0 Å². The lowest BCUT2D eigenvalue weighted by molar-refractivity contribution is -0.139. The highest BCUT2D eigenvalue weighted by molar-refractivity contribution is 5.82. The van der Waals surface area contributed by atoms with Crippen LogP contribution in [-0.4, -0.2) is 31.8 Å². The van der Waals surface area contributed by atoms with Crippen LogP contribution in [0.15, 0.2) is 37.1 Å². The molecule has 0 atom stereocenters. The van der Waals surface area contributed by atoms with Crippen LogP contribution >= 0.6 is 0 Å². The summed E-state index contributed by atoms with van der Waals surface area (Å²) in [5, 5.41) is 0. The second-order valence-corrected chi connectivity index (χ2v) is 2.77. The fraction of sp³-hybridized carbons (Fsp3) is 0.333. The fourth-order valence-electron chi connectivity index (χ4n) is 0.773. The van der Waals surface area contributed by atoms with Crippen molar-refractivity contribution < 1.29 is 23.8 Å². The molecule has 0 bridgehead atoms. The van der Waals surface area contributed by atoms with Gasteiger partial charge in [0, 0.05) is 12.2 Å². The third-order valence-electron chi connectivity index (χ3n) is 1.47. The van der Waals surface area contributed by atoms with Gasteiger partial charge in [-0.2, -0.15) is 0 Å². The summed E-state index contributed by atoms with van der Waals surface area (Å²) in [6.45, 7) is 9.07. The van der Waals surface area contributed by atoms with Crippen LogP contribution in [0.5, 0.6) is 0 Å². The SMILES string of the molecule is C=CC(=O)OCCOC(=C)/C=C\C(=O)OCC. The van der Waals surface area contributed by atoms with Crippen molar-refractivity contribution in [1.82, 2.24) is 0 Å². The van der Waals surface area contributed by atoms with Crippen molar-refractivity contribution in [3.63, 3.8) is 0 Å². The number of allylic oxidation sites excluding steroid dienone is 1. The first-order valence-corrected chi connectivity index (χ1v) is 5.05. The molecule has 5 heteroatoms. The normalized spacial score (nSPS) is 9.71. The summed E-state index contributed by atoms with van der Waals surface area (Å²) in [6.07, 6.45) is 3.66. The average Bonchev–Trinajstić information content (AvgIpc) is 2.32. The Bertz CT molecular complexity index is 317. The number of carbonyl (C=O) groups is 2. The molecule has 0 saturated carbocycles. The number of carbonyl (C=O) groups excluding carboxylic acids is 2. The first-order valence-electron chi connectivity index (χ1n) is 5.05. The number of esters is 2. The lowest BCUT2D eigenvalue weighted by Crippen LogP contribution is -2.07. The van der Waals surface area contributed by atoms with E-state index >= 15 is 0 Å². The lowest BCUT2D eigenvalue weighted by Gasteiger charge is -2.05. The Hall–Kier alpha value is -2.04. The highest BCUT2D eigenvalue weighted by Crippen LogP contribution is 1.96. The van der Waals surface area contributed by atoms with E-state index in [0.29, 0.717) is 6.61 Å². The van der Waals surface area contributed by atoms with Crippen LogP contribution in [0.2, 0.25) is 0 Å². The molecule has 0 amide bonds. The van der Waals surface area contributed by atoms with Crippen molar-refractivity contribution >= 4 is 11.9 Å². The van der Waals surface area contributed by atoms with E-state index in [9.17, 15) is 9.59 Å². The molecule has 0 aliphatic rings. The van der Waals surface area contributed by atoms with Gasteiger partial charge < -0.3 is 14.2 Å². The summed E-state index contributed by atoms with van der Waals surface area (Å²) < 4.78 is 14.4. The zero-order valence-corrected chi connectivity index (χ0v) is 9.81. The van der Waals surface area contributed by atoms with Crippen LogP contribution in [0.4, 0.5) is 0 Å². The predicted molar refractivity (Wildman–Crippen MR) is 62.0 cm³/mol. The van der Waals surface area contributed by atoms with Crippen molar-refractivity contribution in [2.45, 2.75) is 6.92 Å². The maximum Gasteiger partial charge on any atom is 0.330 e. The molecule has 94 valence electrons. The molecule has 0 saturated heterocycles. The highest BCUT2D eigenvalue weighted by atomic mass is 16.6.